The molecule has 3 atom stereocenters. The fourth-order valence-corrected chi connectivity index (χ4v) is 6.41. The van der Waals surface area contributed by atoms with Crippen LogP contribution in [0.3, 0.4) is 0 Å². The van der Waals surface area contributed by atoms with Gasteiger partial charge in [-0.05, 0) is 66.8 Å². The Morgan fingerprint density at radius 3 is 2.82 bits per heavy atom. The van der Waals surface area contributed by atoms with Gasteiger partial charge >= 0.3 is 0 Å². The number of nitrogens with zero attached hydrogens (tertiary/aromatic N) is 5. The molecular formula is C33H41F2N7O2. The predicted molar refractivity (Wildman–Crippen MR) is 168 cm³/mol. The van der Waals surface area contributed by atoms with Crippen LogP contribution in [0.5, 0.6) is 5.75 Å². The summed E-state index contributed by atoms with van der Waals surface area (Å²) in [5, 5.41) is 16.9. The van der Waals surface area contributed by atoms with E-state index in [-0.39, 0.29) is 41.8 Å². The zero-order valence-electron chi connectivity index (χ0n) is 25.9. The number of anilines is 1. The second-order valence-electron chi connectivity index (χ2n) is 12.7. The molecule has 2 N–H and O–H groups in total. The number of aryl methyl sites for hydroxylation is 1. The van der Waals surface area contributed by atoms with Gasteiger partial charge in [0.05, 0.1) is 30.1 Å². The monoisotopic (exact) mass is 605 g/mol. The highest BCUT2D eigenvalue weighted by Gasteiger charge is 2.33. The third kappa shape index (κ3) is 7.02. The number of aromatic nitrogens is 2. The maximum absolute atomic E-state index is 14.5. The van der Waals surface area contributed by atoms with E-state index in [9.17, 15) is 18.8 Å². The molecule has 2 aromatic carbocycles. The van der Waals surface area contributed by atoms with E-state index in [0.717, 1.165) is 19.3 Å². The van der Waals surface area contributed by atoms with E-state index in [1.165, 1.54) is 17.7 Å². The molecule has 0 spiro atoms. The zero-order chi connectivity index (χ0) is 31.4. The highest BCUT2D eigenvalue weighted by molar-refractivity contribution is 5.96. The number of ether oxygens (including phenoxy) is 1. The van der Waals surface area contributed by atoms with Gasteiger partial charge in [0.15, 0.2) is 5.96 Å². The normalized spacial score (nSPS) is 22.1. The molecule has 44 heavy (non-hydrogen) atoms. The van der Waals surface area contributed by atoms with E-state index >= 15 is 0 Å². The first-order valence-corrected chi connectivity index (χ1v) is 15.3. The molecule has 2 fully saturated rings. The molecule has 0 amide bonds. The largest absolute Gasteiger partial charge is 0.497 e. The average molecular weight is 606 g/mol. The number of rotatable bonds is 7. The fraction of sp³-hybridized carbons (Fsp3) is 0.515. The second kappa shape index (κ2) is 13.3. The van der Waals surface area contributed by atoms with Crippen molar-refractivity contribution in [2.45, 2.75) is 65.1 Å². The molecule has 9 nitrogen and oxygen atoms in total. The second-order valence-corrected chi connectivity index (χ2v) is 12.7. The molecule has 0 radical (unpaired) electrons. The van der Waals surface area contributed by atoms with Gasteiger partial charge in [-0.3, -0.25) is 9.36 Å². The van der Waals surface area contributed by atoms with E-state index in [2.05, 4.69) is 41.3 Å². The number of hydrogen-bond donors (Lipinski definition) is 2. The number of piperazine rings is 1. The molecular weight excluding hydrogens is 564 g/mol. The molecule has 1 aliphatic heterocycles. The van der Waals surface area contributed by atoms with Crippen LogP contribution < -0.4 is 20.9 Å². The van der Waals surface area contributed by atoms with Crippen molar-refractivity contribution in [1.29, 1.82) is 5.26 Å². The third-order valence-electron chi connectivity index (χ3n) is 8.85. The van der Waals surface area contributed by atoms with Gasteiger partial charge in [0.1, 0.15) is 24.3 Å². The first-order valence-electron chi connectivity index (χ1n) is 15.3. The van der Waals surface area contributed by atoms with Crippen molar-refractivity contribution in [3.63, 3.8) is 0 Å². The van der Waals surface area contributed by atoms with Crippen molar-refractivity contribution in [2.24, 2.45) is 16.3 Å². The summed E-state index contributed by atoms with van der Waals surface area (Å²) in [7, 11) is 1.47. The van der Waals surface area contributed by atoms with Gasteiger partial charge in [0, 0.05) is 37.9 Å². The lowest BCUT2D eigenvalue weighted by Gasteiger charge is -2.39. The summed E-state index contributed by atoms with van der Waals surface area (Å²) in [6.07, 6.45) is 3.35. The number of alkyl halides is 1. The Kier molecular flexibility index (Phi) is 9.49. The van der Waals surface area contributed by atoms with E-state index in [1.807, 2.05) is 6.07 Å². The summed E-state index contributed by atoms with van der Waals surface area (Å²) in [6, 6.07) is 11.7. The van der Waals surface area contributed by atoms with E-state index in [1.54, 1.807) is 30.3 Å². The lowest BCUT2D eigenvalue weighted by Crippen LogP contribution is -2.55. The van der Waals surface area contributed by atoms with Gasteiger partial charge in [-0.25, -0.2) is 18.8 Å². The number of benzene rings is 2. The smallest absolute Gasteiger partial charge is 0.262 e. The Bertz CT molecular complexity index is 1630. The van der Waals surface area contributed by atoms with Crippen molar-refractivity contribution >= 4 is 22.5 Å². The van der Waals surface area contributed by atoms with Crippen LogP contribution in [0.1, 0.15) is 51.4 Å². The molecule has 11 heteroatoms. The number of nitriles is 1. The number of hydrogen-bond acceptors (Lipinski definition) is 6. The Labute approximate surface area is 256 Å². The molecule has 2 heterocycles. The van der Waals surface area contributed by atoms with Gasteiger partial charge in [0.25, 0.3) is 5.56 Å². The standard InChI is InChI=1S/C33H41F2N7O2/c1-21-17-33(2,3)11-9-28(21)40-32(41-14-12-37-24(18-34)20-41)38-23-6-8-26-29(15-23)39-30(19-36)42(31(26)43)13-10-22-5-7-25(44-4)16-27(22)35/h5-8,15-16,21,24,28,37H,9-14,17-18,20H2,1-4H3,(H,38,40)/t21-,24-,28?/m0/s1. The number of nitrogens with one attached hydrogen (secondary N) is 2. The Morgan fingerprint density at radius 2 is 2.11 bits per heavy atom. The van der Waals surface area contributed by atoms with Gasteiger partial charge in [-0.2, -0.15) is 5.26 Å². The highest BCUT2D eigenvalue weighted by atomic mass is 19.1. The quantitative estimate of drug-likeness (QED) is 0.292. The molecule has 2 aliphatic rings. The van der Waals surface area contributed by atoms with Crippen molar-refractivity contribution in [3.8, 4) is 11.8 Å². The maximum atomic E-state index is 14.5. The van der Waals surface area contributed by atoms with Gasteiger partial charge in [-0.15, -0.1) is 0 Å². The highest BCUT2D eigenvalue weighted by Crippen LogP contribution is 2.40. The van der Waals surface area contributed by atoms with Crippen LogP contribution in [-0.4, -0.2) is 65.9 Å². The summed E-state index contributed by atoms with van der Waals surface area (Å²) in [5.74, 6) is 0.996. The number of methoxy groups -OCH3 is 1. The molecule has 1 aliphatic carbocycles. The van der Waals surface area contributed by atoms with Crippen LogP contribution in [0.4, 0.5) is 14.5 Å². The van der Waals surface area contributed by atoms with E-state index in [4.69, 9.17) is 9.73 Å². The molecule has 0 bridgehead atoms. The predicted octanol–water partition coefficient (Wildman–Crippen LogP) is 4.88. The average Bonchev–Trinajstić information content (AvgIpc) is 3.01. The summed E-state index contributed by atoms with van der Waals surface area (Å²) >= 11 is 0. The summed E-state index contributed by atoms with van der Waals surface area (Å²) in [5.41, 5.74) is 1.37. The Morgan fingerprint density at radius 1 is 1.30 bits per heavy atom. The third-order valence-corrected chi connectivity index (χ3v) is 8.85. The maximum Gasteiger partial charge on any atom is 0.262 e. The van der Waals surface area contributed by atoms with Crippen LogP contribution in [0.25, 0.3) is 10.9 Å². The fourth-order valence-electron chi connectivity index (χ4n) is 6.41. The van der Waals surface area contributed by atoms with E-state index in [0.29, 0.717) is 59.4 Å². The van der Waals surface area contributed by atoms with Crippen molar-refractivity contribution in [2.75, 3.05) is 38.7 Å². The summed E-state index contributed by atoms with van der Waals surface area (Å²) in [6.45, 7) is 8.28. The molecule has 5 rings (SSSR count). The minimum Gasteiger partial charge on any atom is -0.497 e. The van der Waals surface area contributed by atoms with Crippen LogP contribution in [0.15, 0.2) is 46.2 Å². The van der Waals surface area contributed by atoms with Crippen LogP contribution in [0, 0.1) is 28.5 Å². The topological polar surface area (TPSA) is 108 Å². The molecule has 1 unspecified atom stereocenters. The Balaban J connectivity index is 1.43. The van der Waals surface area contributed by atoms with Gasteiger partial charge in [0.2, 0.25) is 5.82 Å². The molecule has 1 aromatic heterocycles. The zero-order valence-corrected chi connectivity index (χ0v) is 25.9. The van der Waals surface area contributed by atoms with Crippen molar-refractivity contribution in [3.05, 3.63) is 64.0 Å². The number of fused-ring (bicyclic) bond motifs is 1. The van der Waals surface area contributed by atoms with E-state index < -0.39 is 12.5 Å². The lowest BCUT2D eigenvalue weighted by molar-refractivity contribution is 0.168. The first-order chi connectivity index (χ1) is 21.1. The summed E-state index contributed by atoms with van der Waals surface area (Å²) < 4.78 is 34.5. The van der Waals surface area contributed by atoms with Gasteiger partial charge < -0.3 is 20.3 Å². The number of guanidine groups is 1. The SMILES string of the molecule is COc1ccc(CCn2c(C#N)nc3cc(NC(=NC4CCC(C)(C)C[C@@H]4C)N4CCN[C@@H](CF)C4)ccc3c2=O)c(F)c1. The van der Waals surface area contributed by atoms with Crippen molar-refractivity contribution < 1.29 is 13.5 Å². The number of aliphatic imine (C=N–C) groups is 1. The van der Waals surface area contributed by atoms with Crippen LogP contribution >= 0.6 is 0 Å². The molecule has 1 saturated carbocycles. The first kappa shape index (κ1) is 31.4. The van der Waals surface area contributed by atoms with Crippen LogP contribution in [-0.2, 0) is 13.0 Å². The Hall–Kier alpha value is -4.04. The number of halogens is 2. The molecule has 3 aromatic rings. The van der Waals surface area contributed by atoms with Gasteiger partial charge in [-0.1, -0.05) is 26.8 Å². The summed E-state index contributed by atoms with van der Waals surface area (Å²) in [4.78, 5) is 25.3. The van der Waals surface area contributed by atoms with Crippen molar-refractivity contribution in [1.82, 2.24) is 19.8 Å². The minimum atomic E-state index is -0.466. The van der Waals surface area contributed by atoms with Crippen LogP contribution in [0.2, 0.25) is 0 Å². The molecule has 1 saturated heterocycles. The lowest BCUT2D eigenvalue weighted by atomic mass is 9.71. The minimum absolute atomic E-state index is 0.0472. The molecule has 234 valence electrons.